The molecule has 6 nitrogen and oxygen atoms in total. The van der Waals surface area contributed by atoms with Gasteiger partial charge in [0.2, 0.25) is 0 Å². The molecule has 106 valence electrons. The third-order valence-electron chi connectivity index (χ3n) is 3.36. The smallest absolute Gasteiger partial charge is 0.157 e. The van der Waals surface area contributed by atoms with Gasteiger partial charge in [0, 0.05) is 26.7 Å². The zero-order valence-corrected chi connectivity index (χ0v) is 11.8. The van der Waals surface area contributed by atoms with Crippen LogP contribution in [-0.4, -0.2) is 49.9 Å². The molecule has 0 saturated carbocycles. The summed E-state index contributed by atoms with van der Waals surface area (Å²) in [5.74, 6) is 1.65. The molecule has 1 aromatic heterocycles. The van der Waals surface area contributed by atoms with Crippen LogP contribution in [0.2, 0.25) is 0 Å². The largest absolute Gasteiger partial charge is 0.393 e. The Bertz CT molecular complexity index is 406. The highest BCUT2D eigenvalue weighted by molar-refractivity contribution is 5.75. The van der Waals surface area contributed by atoms with Gasteiger partial charge in [-0.25, -0.2) is 9.97 Å². The van der Waals surface area contributed by atoms with Gasteiger partial charge >= 0.3 is 0 Å². The summed E-state index contributed by atoms with van der Waals surface area (Å²) in [4.78, 5) is 12.9. The van der Waals surface area contributed by atoms with Gasteiger partial charge in [-0.2, -0.15) is 0 Å². The minimum atomic E-state index is 0.669. The van der Waals surface area contributed by atoms with Crippen LogP contribution >= 0.6 is 0 Å². The molecule has 2 rings (SSSR count). The summed E-state index contributed by atoms with van der Waals surface area (Å²) >= 11 is 0. The van der Waals surface area contributed by atoms with Crippen molar-refractivity contribution in [2.45, 2.75) is 19.8 Å². The highest BCUT2D eigenvalue weighted by Gasteiger charge is 2.19. The number of hydrogen-bond donors (Lipinski definition) is 1. The van der Waals surface area contributed by atoms with E-state index in [1.54, 1.807) is 6.33 Å². The molecule has 19 heavy (non-hydrogen) atoms. The number of aromatic nitrogens is 2. The van der Waals surface area contributed by atoms with Gasteiger partial charge in [-0.3, -0.25) is 0 Å². The summed E-state index contributed by atoms with van der Waals surface area (Å²) in [6.45, 7) is 6.25. The van der Waals surface area contributed by atoms with Crippen LogP contribution in [0.4, 0.5) is 17.3 Å². The van der Waals surface area contributed by atoms with E-state index < -0.39 is 0 Å². The van der Waals surface area contributed by atoms with Crippen molar-refractivity contribution in [3.63, 3.8) is 0 Å². The summed E-state index contributed by atoms with van der Waals surface area (Å²) in [6, 6.07) is 0. The number of morpholine rings is 1. The first-order valence-electron chi connectivity index (χ1n) is 6.88. The van der Waals surface area contributed by atoms with E-state index in [4.69, 9.17) is 10.5 Å². The van der Waals surface area contributed by atoms with E-state index in [2.05, 4.69) is 26.7 Å². The molecule has 1 saturated heterocycles. The number of nitrogens with zero attached hydrogens (tertiary/aromatic N) is 4. The fourth-order valence-corrected chi connectivity index (χ4v) is 2.21. The lowest BCUT2D eigenvalue weighted by Crippen LogP contribution is -2.37. The van der Waals surface area contributed by atoms with Crippen molar-refractivity contribution in [2.75, 3.05) is 55.4 Å². The Morgan fingerprint density at radius 1 is 1.37 bits per heavy atom. The average molecular weight is 265 g/mol. The molecule has 2 heterocycles. The fourth-order valence-electron chi connectivity index (χ4n) is 2.21. The molecule has 0 amide bonds. The minimum absolute atomic E-state index is 0.669. The zero-order chi connectivity index (χ0) is 13.7. The Balaban J connectivity index is 2.16. The van der Waals surface area contributed by atoms with Crippen molar-refractivity contribution in [3.8, 4) is 0 Å². The van der Waals surface area contributed by atoms with Crippen molar-refractivity contribution in [3.05, 3.63) is 6.33 Å². The maximum Gasteiger partial charge on any atom is 0.157 e. The normalized spacial score (nSPS) is 15.6. The number of rotatable bonds is 5. The van der Waals surface area contributed by atoms with E-state index >= 15 is 0 Å². The van der Waals surface area contributed by atoms with E-state index in [1.807, 2.05) is 7.05 Å². The molecule has 1 aromatic rings. The van der Waals surface area contributed by atoms with Crippen LogP contribution in [0.1, 0.15) is 19.8 Å². The lowest BCUT2D eigenvalue weighted by molar-refractivity contribution is 0.122. The first-order valence-corrected chi connectivity index (χ1v) is 6.88. The Labute approximate surface area is 114 Å². The molecule has 2 N–H and O–H groups in total. The number of unbranched alkanes of at least 4 members (excludes halogenated alkanes) is 1. The Kier molecular flexibility index (Phi) is 4.79. The SMILES string of the molecule is CCCCN(C)c1ncnc(N2CCOCC2)c1N. The fraction of sp³-hybridized carbons (Fsp3) is 0.692. The van der Waals surface area contributed by atoms with E-state index in [9.17, 15) is 0 Å². The molecule has 0 radical (unpaired) electrons. The highest BCUT2D eigenvalue weighted by atomic mass is 16.5. The van der Waals surface area contributed by atoms with E-state index in [-0.39, 0.29) is 0 Å². The van der Waals surface area contributed by atoms with E-state index in [0.717, 1.165) is 57.3 Å². The van der Waals surface area contributed by atoms with Gasteiger partial charge in [0.25, 0.3) is 0 Å². The minimum Gasteiger partial charge on any atom is -0.393 e. The van der Waals surface area contributed by atoms with Gasteiger partial charge in [-0.1, -0.05) is 13.3 Å². The molecule has 1 aliphatic rings. The molecular formula is C13H23N5O. The van der Waals surface area contributed by atoms with Gasteiger partial charge in [0.05, 0.1) is 13.2 Å². The summed E-state index contributed by atoms with van der Waals surface area (Å²) in [6.07, 6.45) is 3.89. The van der Waals surface area contributed by atoms with Crippen molar-refractivity contribution in [1.29, 1.82) is 0 Å². The molecule has 0 unspecified atom stereocenters. The van der Waals surface area contributed by atoms with Gasteiger partial charge in [-0.05, 0) is 6.42 Å². The quantitative estimate of drug-likeness (QED) is 0.861. The predicted octanol–water partition coefficient (Wildman–Crippen LogP) is 1.13. The second kappa shape index (κ2) is 6.56. The van der Waals surface area contributed by atoms with Gasteiger partial charge in [0.15, 0.2) is 11.6 Å². The average Bonchev–Trinajstić information content (AvgIpc) is 2.46. The summed E-state index contributed by atoms with van der Waals surface area (Å²) < 4.78 is 5.36. The molecule has 1 fully saturated rings. The maximum atomic E-state index is 6.24. The zero-order valence-electron chi connectivity index (χ0n) is 11.8. The molecular weight excluding hydrogens is 242 g/mol. The molecule has 0 bridgehead atoms. The monoisotopic (exact) mass is 265 g/mol. The second-order valence-electron chi connectivity index (χ2n) is 4.81. The van der Waals surface area contributed by atoms with Crippen LogP contribution in [0, 0.1) is 0 Å². The summed E-state index contributed by atoms with van der Waals surface area (Å²) in [7, 11) is 2.03. The standard InChI is InChI=1S/C13H23N5O/c1-3-4-5-17(2)12-11(14)13(16-10-15-12)18-6-8-19-9-7-18/h10H,3-9,14H2,1-2H3. The second-order valence-corrected chi connectivity index (χ2v) is 4.81. The molecule has 1 aliphatic heterocycles. The van der Waals surface area contributed by atoms with Crippen molar-refractivity contribution in [2.24, 2.45) is 0 Å². The Hall–Kier alpha value is -1.56. The first kappa shape index (κ1) is 13.9. The highest BCUT2D eigenvalue weighted by Crippen LogP contribution is 2.28. The predicted molar refractivity (Wildman–Crippen MR) is 77.7 cm³/mol. The third kappa shape index (κ3) is 3.26. The molecule has 0 atom stereocenters. The third-order valence-corrected chi connectivity index (χ3v) is 3.36. The van der Waals surface area contributed by atoms with Crippen molar-refractivity contribution in [1.82, 2.24) is 9.97 Å². The van der Waals surface area contributed by atoms with Gasteiger partial charge < -0.3 is 20.3 Å². The van der Waals surface area contributed by atoms with E-state index in [0.29, 0.717) is 5.69 Å². The van der Waals surface area contributed by atoms with Crippen LogP contribution in [0.3, 0.4) is 0 Å². The topological polar surface area (TPSA) is 67.5 Å². The summed E-state index contributed by atoms with van der Waals surface area (Å²) in [5, 5.41) is 0. The van der Waals surface area contributed by atoms with E-state index in [1.165, 1.54) is 0 Å². The van der Waals surface area contributed by atoms with Crippen molar-refractivity contribution < 1.29 is 4.74 Å². The number of ether oxygens (including phenoxy) is 1. The lowest BCUT2D eigenvalue weighted by Gasteiger charge is -2.30. The molecule has 0 aliphatic carbocycles. The van der Waals surface area contributed by atoms with Gasteiger partial charge in [-0.15, -0.1) is 0 Å². The number of anilines is 3. The molecule has 0 aromatic carbocycles. The van der Waals surface area contributed by atoms with Crippen LogP contribution in [-0.2, 0) is 4.74 Å². The number of nitrogens with two attached hydrogens (primary N) is 1. The van der Waals surface area contributed by atoms with Gasteiger partial charge in [0.1, 0.15) is 12.0 Å². The number of nitrogen functional groups attached to an aromatic ring is 1. The lowest BCUT2D eigenvalue weighted by atomic mass is 10.3. The maximum absolute atomic E-state index is 6.24. The van der Waals surface area contributed by atoms with Crippen LogP contribution in [0.5, 0.6) is 0 Å². The Morgan fingerprint density at radius 2 is 2.11 bits per heavy atom. The molecule has 6 heteroatoms. The summed E-state index contributed by atoms with van der Waals surface area (Å²) in [5.41, 5.74) is 6.91. The Morgan fingerprint density at radius 3 is 2.79 bits per heavy atom. The first-order chi connectivity index (χ1) is 9.24. The van der Waals surface area contributed by atoms with Crippen LogP contribution in [0.25, 0.3) is 0 Å². The van der Waals surface area contributed by atoms with Crippen LogP contribution < -0.4 is 15.5 Å². The van der Waals surface area contributed by atoms with Crippen LogP contribution in [0.15, 0.2) is 6.33 Å². The number of hydrogen-bond acceptors (Lipinski definition) is 6. The van der Waals surface area contributed by atoms with Crippen molar-refractivity contribution >= 4 is 17.3 Å². The molecule has 0 spiro atoms.